The number of fused-ring (bicyclic) bond motifs is 5. The maximum Gasteiger partial charge on any atom is 0.335 e. The van der Waals surface area contributed by atoms with Gasteiger partial charge in [-0.15, -0.1) is 0 Å². The summed E-state index contributed by atoms with van der Waals surface area (Å²) in [5.41, 5.74) is 1.89. The fourth-order valence-corrected chi connectivity index (χ4v) is 2.88. The molecule has 0 saturated carbocycles. The van der Waals surface area contributed by atoms with Gasteiger partial charge in [-0.2, -0.15) is 0 Å². The normalized spacial score (nSPS) is 11.4. The molecule has 0 radical (unpaired) electrons. The van der Waals surface area contributed by atoms with Crippen molar-refractivity contribution in [2.45, 2.75) is 0 Å². The molecule has 3 N–H and O–H groups in total. The average molecular weight is 277 g/mol. The molecule has 0 aliphatic rings. The molecule has 0 spiro atoms. The number of aromatic amines is 1. The Balaban J connectivity index is 2.21. The second kappa shape index (κ2) is 3.99. The quantitative estimate of drug-likeness (QED) is 0.494. The van der Waals surface area contributed by atoms with Crippen molar-refractivity contribution in [3.05, 3.63) is 54.1 Å². The van der Waals surface area contributed by atoms with Gasteiger partial charge in [-0.1, -0.05) is 30.3 Å². The van der Waals surface area contributed by atoms with Crippen LogP contribution in [0.3, 0.4) is 0 Å². The minimum absolute atomic E-state index is 0.0259. The molecule has 0 unspecified atom stereocenters. The number of carbonyl (C=O) groups is 1. The van der Waals surface area contributed by atoms with Gasteiger partial charge in [0, 0.05) is 21.7 Å². The summed E-state index contributed by atoms with van der Waals surface area (Å²) < 4.78 is 0. The predicted molar refractivity (Wildman–Crippen MR) is 81.9 cm³/mol. The number of aromatic carboxylic acids is 1. The lowest BCUT2D eigenvalue weighted by Gasteiger charge is -2.05. The van der Waals surface area contributed by atoms with Crippen molar-refractivity contribution in [2.75, 3.05) is 0 Å². The van der Waals surface area contributed by atoms with Gasteiger partial charge in [-0.05, 0) is 23.6 Å². The Morgan fingerprint density at radius 2 is 1.81 bits per heavy atom. The summed E-state index contributed by atoms with van der Waals surface area (Å²) >= 11 is 0. The van der Waals surface area contributed by atoms with Crippen LogP contribution in [0, 0.1) is 0 Å². The molecule has 0 bridgehead atoms. The van der Waals surface area contributed by atoms with Gasteiger partial charge in [0.25, 0.3) is 0 Å². The molecule has 102 valence electrons. The van der Waals surface area contributed by atoms with E-state index in [4.69, 9.17) is 5.11 Å². The summed E-state index contributed by atoms with van der Waals surface area (Å²) in [4.78, 5) is 14.4. The number of nitrogens with one attached hydrogen (secondary N) is 1. The van der Waals surface area contributed by atoms with Crippen molar-refractivity contribution in [1.82, 2.24) is 4.98 Å². The second-order valence-electron chi connectivity index (χ2n) is 5.06. The predicted octanol–water partition coefficient (Wildman–Crippen LogP) is 3.88. The van der Waals surface area contributed by atoms with Gasteiger partial charge in [0.1, 0.15) is 5.75 Å². The summed E-state index contributed by atoms with van der Waals surface area (Å²) in [6, 6.07) is 14.5. The molecule has 1 heterocycles. The van der Waals surface area contributed by atoms with Crippen LogP contribution in [0.25, 0.3) is 32.6 Å². The first-order valence-electron chi connectivity index (χ1n) is 6.54. The van der Waals surface area contributed by atoms with Crippen LogP contribution in [-0.2, 0) is 0 Å². The van der Waals surface area contributed by atoms with E-state index in [1.807, 2.05) is 36.4 Å². The first-order chi connectivity index (χ1) is 10.1. The maximum absolute atomic E-state index is 11.1. The highest BCUT2D eigenvalue weighted by Gasteiger charge is 2.13. The van der Waals surface area contributed by atoms with Crippen LogP contribution in [0.15, 0.2) is 48.5 Å². The highest BCUT2D eigenvalue weighted by molar-refractivity contribution is 6.19. The van der Waals surface area contributed by atoms with Crippen molar-refractivity contribution in [3.8, 4) is 5.75 Å². The third-order valence-corrected chi connectivity index (χ3v) is 3.82. The Morgan fingerprint density at radius 3 is 2.62 bits per heavy atom. The topological polar surface area (TPSA) is 73.3 Å². The zero-order valence-corrected chi connectivity index (χ0v) is 10.9. The Morgan fingerprint density at radius 1 is 1.00 bits per heavy atom. The Labute approximate surface area is 119 Å². The number of aromatic nitrogens is 1. The summed E-state index contributed by atoms with van der Waals surface area (Å²) in [7, 11) is 0. The number of aromatic hydroxyl groups is 1. The smallest absolute Gasteiger partial charge is 0.335 e. The van der Waals surface area contributed by atoms with Gasteiger partial charge in [-0.25, -0.2) is 4.79 Å². The monoisotopic (exact) mass is 277 g/mol. The number of phenolic OH excluding ortho intramolecular Hbond substituents is 1. The van der Waals surface area contributed by atoms with Crippen LogP contribution in [-0.4, -0.2) is 21.2 Å². The number of H-pyrrole nitrogens is 1. The lowest BCUT2D eigenvalue weighted by Crippen LogP contribution is -1.95. The van der Waals surface area contributed by atoms with Gasteiger partial charge in [0.15, 0.2) is 0 Å². The summed E-state index contributed by atoms with van der Waals surface area (Å²) in [5.74, 6) is -1.08. The van der Waals surface area contributed by atoms with Crippen LogP contribution in [0.4, 0.5) is 0 Å². The number of carboxylic acid groups (broad SMARTS) is 1. The van der Waals surface area contributed by atoms with E-state index < -0.39 is 5.97 Å². The van der Waals surface area contributed by atoms with Crippen LogP contribution < -0.4 is 0 Å². The van der Waals surface area contributed by atoms with Crippen LogP contribution in [0.2, 0.25) is 0 Å². The van der Waals surface area contributed by atoms with Gasteiger partial charge >= 0.3 is 5.97 Å². The minimum atomic E-state index is -1.05. The fraction of sp³-hybridized carbons (Fsp3) is 0. The van der Waals surface area contributed by atoms with Crippen molar-refractivity contribution in [3.63, 3.8) is 0 Å². The van der Waals surface area contributed by atoms with E-state index >= 15 is 0 Å². The van der Waals surface area contributed by atoms with Crippen molar-refractivity contribution >= 4 is 38.5 Å². The molecule has 4 heteroatoms. The first kappa shape index (κ1) is 11.8. The largest absolute Gasteiger partial charge is 0.507 e. The van der Waals surface area contributed by atoms with E-state index in [1.165, 1.54) is 6.07 Å². The van der Waals surface area contributed by atoms with Crippen molar-refractivity contribution < 1.29 is 15.0 Å². The molecule has 0 amide bonds. The SMILES string of the molecule is O=C(O)c1cc(O)c2c(ccc3c4ccccc4[nH]c32)c1. The van der Waals surface area contributed by atoms with E-state index in [1.54, 1.807) is 6.07 Å². The highest BCUT2D eigenvalue weighted by atomic mass is 16.4. The molecule has 1 aromatic heterocycles. The number of hydrogen-bond acceptors (Lipinski definition) is 2. The molecule has 4 rings (SSSR count). The molecule has 0 fully saturated rings. The van der Waals surface area contributed by atoms with Crippen LogP contribution in [0.1, 0.15) is 10.4 Å². The zero-order valence-electron chi connectivity index (χ0n) is 10.9. The van der Waals surface area contributed by atoms with E-state index in [-0.39, 0.29) is 11.3 Å². The third-order valence-electron chi connectivity index (χ3n) is 3.82. The molecule has 0 saturated heterocycles. The van der Waals surface area contributed by atoms with Crippen molar-refractivity contribution in [2.24, 2.45) is 0 Å². The molecule has 4 aromatic rings. The third kappa shape index (κ3) is 1.59. The standard InChI is InChI=1S/C17H11NO3/c19-14-8-10(17(20)21)7-9-5-6-12-11-3-1-2-4-13(11)18-16(12)15(9)14/h1-8,18-19H,(H,20,21). The first-order valence-corrected chi connectivity index (χ1v) is 6.54. The maximum atomic E-state index is 11.1. The van der Waals surface area contributed by atoms with Crippen LogP contribution >= 0.6 is 0 Å². The second-order valence-corrected chi connectivity index (χ2v) is 5.06. The number of carboxylic acids is 1. The average Bonchev–Trinajstić information content (AvgIpc) is 2.85. The van der Waals surface area contributed by atoms with E-state index in [9.17, 15) is 9.90 Å². The zero-order chi connectivity index (χ0) is 14.6. The van der Waals surface area contributed by atoms with E-state index in [2.05, 4.69) is 4.98 Å². The Kier molecular flexibility index (Phi) is 2.24. The van der Waals surface area contributed by atoms with Crippen LogP contribution in [0.5, 0.6) is 5.75 Å². The van der Waals surface area contributed by atoms with Gasteiger partial charge in [0.2, 0.25) is 0 Å². The highest BCUT2D eigenvalue weighted by Crippen LogP contribution is 2.36. The number of rotatable bonds is 1. The number of para-hydroxylation sites is 1. The number of hydrogen-bond donors (Lipinski definition) is 3. The summed E-state index contributed by atoms with van der Waals surface area (Å²) in [5, 5.41) is 22.8. The molecular formula is C17H11NO3. The fourth-order valence-electron chi connectivity index (χ4n) is 2.88. The van der Waals surface area contributed by atoms with Gasteiger partial charge in [-0.3, -0.25) is 0 Å². The molecule has 0 aliphatic heterocycles. The minimum Gasteiger partial charge on any atom is -0.507 e. The Bertz CT molecular complexity index is 1030. The number of benzene rings is 3. The molecule has 0 aliphatic carbocycles. The van der Waals surface area contributed by atoms with E-state index in [0.29, 0.717) is 10.8 Å². The van der Waals surface area contributed by atoms with Gasteiger partial charge in [0.05, 0.1) is 11.1 Å². The summed E-state index contributed by atoms with van der Waals surface area (Å²) in [6.45, 7) is 0. The lowest BCUT2D eigenvalue weighted by molar-refractivity contribution is 0.0696. The van der Waals surface area contributed by atoms with Crippen molar-refractivity contribution in [1.29, 1.82) is 0 Å². The van der Waals surface area contributed by atoms with E-state index in [0.717, 1.165) is 21.8 Å². The molecule has 4 nitrogen and oxygen atoms in total. The lowest BCUT2D eigenvalue weighted by atomic mass is 10.0. The summed E-state index contributed by atoms with van der Waals surface area (Å²) in [6.07, 6.45) is 0. The number of phenols is 1. The molecule has 0 atom stereocenters. The van der Waals surface area contributed by atoms with Gasteiger partial charge < -0.3 is 15.2 Å². The molecule has 3 aromatic carbocycles. The molecular weight excluding hydrogens is 266 g/mol. The Hall–Kier alpha value is -3.01. The molecule has 21 heavy (non-hydrogen) atoms.